The van der Waals surface area contributed by atoms with Gasteiger partial charge in [0.05, 0.1) is 0 Å². The van der Waals surface area contributed by atoms with E-state index in [0.29, 0.717) is 5.56 Å². The highest BCUT2D eigenvalue weighted by atomic mass is 16.4. The summed E-state index contributed by atoms with van der Waals surface area (Å²) in [5, 5.41) is 18.6. The third-order valence-electron chi connectivity index (χ3n) is 2.64. The molecule has 0 saturated carbocycles. The lowest BCUT2D eigenvalue weighted by Gasteiger charge is -2.24. The Morgan fingerprint density at radius 2 is 1.76 bits per heavy atom. The van der Waals surface area contributed by atoms with Crippen molar-refractivity contribution in [1.29, 1.82) is 0 Å². The summed E-state index contributed by atoms with van der Waals surface area (Å²) >= 11 is 0. The Kier molecular flexibility index (Phi) is 4.23. The smallest absolute Gasteiger partial charge is 0.326 e. The molecule has 0 aliphatic rings. The van der Waals surface area contributed by atoms with Crippen LogP contribution in [0, 0.1) is 0 Å². The molecule has 5 nitrogen and oxygen atoms in total. The molecule has 17 heavy (non-hydrogen) atoms. The summed E-state index contributed by atoms with van der Waals surface area (Å²) in [5.74, 6) is -1.74. The maximum absolute atomic E-state index is 11.8. The molecule has 2 atom stereocenters. The van der Waals surface area contributed by atoms with Crippen LogP contribution in [0.1, 0.15) is 18.6 Å². The van der Waals surface area contributed by atoms with Crippen LogP contribution in [-0.2, 0) is 9.59 Å². The molecule has 2 unspecified atom stereocenters. The number of nitrogens with zero attached hydrogens (tertiary/aromatic N) is 1. The number of carbonyl (C=O) groups excluding carboxylic acids is 1. The number of carbonyl (C=O) groups is 2. The van der Waals surface area contributed by atoms with Crippen LogP contribution in [0.3, 0.4) is 0 Å². The second-order valence-electron chi connectivity index (χ2n) is 3.78. The third-order valence-corrected chi connectivity index (χ3v) is 2.64. The molecule has 1 aromatic carbocycles. The minimum absolute atomic E-state index is 0.446. The minimum Gasteiger partial charge on any atom is -0.480 e. The lowest BCUT2D eigenvalue weighted by molar-refractivity contribution is -0.152. The van der Waals surface area contributed by atoms with Crippen LogP contribution >= 0.6 is 0 Å². The highest BCUT2D eigenvalue weighted by Gasteiger charge is 2.27. The van der Waals surface area contributed by atoms with Gasteiger partial charge in [-0.15, -0.1) is 0 Å². The Morgan fingerprint density at radius 3 is 2.24 bits per heavy atom. The number of carboxylic acid groups (broad SMARTS) is 1. The first-order valence-corrected chi connectivity index (χ1v) is 5.17. The molecule has 0 fully saturated rings. The third kappa shape index (κ3) is 3.04. The zero-order chi connectivity index (χ0) is 13.0. The van der Waals surface area contributed by atoms with Gasteiger partial charge in [-0.2, -0.15) is 0 Å². The Labute approximate surface area is 99.3 Å². The first kappa shape index (κ1) is 13.2. The summed E-state index contributed by atoms with van der Waals surface area (Å²) in [6.45, 7) is 1.39. The van der Waals surface area contributed by atoms with E-state index < -0.39 is 24.0 Å². The molecule has 0 bridgehead atoms. The second kappa shape index (κ2) is 5.45. The molecule has 0 heterocycles. The maximum atomic E-state index is 11.8. The Morgan fingerprint density at radius 1 is 1.24 bits per heavy atom. The fourth-order valence-electron chi connectivity index (χ4n) is 1.33. The Hall–Kier alpha value is -1.88. The maximum Gasteiger partial charge on any atom is 0.326 e. The van der Waals surface area contributed by atoms with E-state index in [1.54, 1.807) is 30.3 Å². The SMILES string of the molecule is CC(C(=O)O)N(C)C(=O)C(O)c1ccccc1. The highest BCUT2D eigenvalue weighted by molar-refractivity contribution is 5.86. The van der Waals surface area contributed by atoms with Crippen LogP contribution < -0.4 is 0 Å². The summed E-state index contributed by atoms with van der Waals surface area (Å²) < 4.78 is 0. The van der Waals surface area contributed by atoms with Crippen molar-refractivity contribution in [2.75, 3.05) is 7.05 Å². The topological polar surface area (TPSA) is 77.8 Å². The first-order chi connectivity index (χ1) is 7.95. The first-order valence-electron chi connectivity index (χ1n) is 5.17. The minimum atomic E-state index is -1.33. The van der Waals surface area contributed by atoms with Gasteiger partial charge in [-0.1, -0.05) is 30.3 Å². The average molecular weight is 237 g/mol. The van der Waals surface area contributed by atoms with Gasteiger partial charge in [0, 0.05) is 7.05 Å². The van der Waals surface area contributed by atoms with E-state index in [1.807, 2.05) is 0 Å². The van der Waals surface area contributed by atoms with Gasteiger partial charge < -0.3 is 15.1 Å². The van der Waals surface area contributed by atoms with Crippen molar-refractivity contribution in [2.45, 2.75) is 19.1 Å². The number of aliphatic carboxylic acids is 1. The van der Waals surface area contributed by atoms with Crippen molar-refractivity contribution in [3.63, 3.8) is 0 Å². The standard InChI is InChI=1S/C12H15NO4/c1-8(12(16)17)13(2)11(15)10(14)9-6-4-3-5-7-9/h3-8,10,14H,1-2H3,(H,16,17). The molecule has 0 aliphatic carbocycles. The summed E-state index contributed by atoms with van der Waals surface area (Å²) in [5.41, 5.74) is 0.446. The number of hydrogen-bond acceptors (Lipinski definition) is 3. The van der Waals surface area contributed by atoms with Crippen LogP contribution in [0.4, 0.5) is 0 Å². The molecule has 92 valence electrons. The van der Waals surface area contributed by atoms with Gasteiger partial charge in [0.15, 0.2) is 6.10 Å². The number of benzene rings is 1. The van der Waals surface area contributed by atoms with Crippen molar-refractivity contribution in [2.24, 2.45) is 0 Å². The summed E-state index contributed by atoms with van der Waals surface area (Å²) in [4.78, 5) is 23.5. The van der Waals surface area contributed by atoms with Gasteiger partial charge in [0.2, 0.25) is 0 Å². The number of carboxylic acids is 1. The van der Waals surface area contributed by atoms with Crippen molar-refractivity contribution in [1.82, 2.24) is 4.90 Å². The van der Waals surface area contributed by atoms with Gasteiger partial charge in [-0.3, -0.25) is 4.79 Å². The average Bonchev–Trinajstić information content (AvgIpc) is 2.36. The molecule has 0 spiro atoms. The van der Waals surface area contributed by atoms with Crippen LogP contribution in [0.2, 0.25) is 0 Å². The van der Waals surface area contributed by atoms with E-state index in [4.69, 9.17) is 5.11 Å². The molecule has 1 amide bonds. The largest absolute Gasteiger partial charge is 0.480 e. The Bertz CT molecular complexity index is 404. The lowest BCUT2D eigenvalue weighted by Crippen LogP contribution is -2.42. The van der Waals surface area contributed by atoms with Gasteiger partial charge >= 0.3 is 5.97 Å². The summed E-state index contributed by atoms with van der Waals surface area (Å²) in [7, 11) is 1.35. The Balaban J connectivity index is 2.80. The van der Waals surface area contributed by atoms with Gasteiger partial charge in [0.1, 0.15) is 6.04 Å². The number of hydrogen-bond donors (Lipinski definition) is 2. The lowest BCUT2D eigenvalue weighted by atomic mass is 10.1. The quantitative estimate of drug-likeness (QED) is 0.806. The van der Waals surface area contributed by atoms with E-state index in [9.17, 15) is 14.7 Å². The van der Waals surface area contributed by atoms with Crippen molar-refractivity contribution < 1.29 is 19.8 Å². The predicted molar refractivity (Wildman–Crippen MR) is 61.3 cm³/mol. The van der Waals surface area contributed by atoms with Crippen molar-refractivity contribution in [3.8, 4) is 0 Å². The van der Waals surface area contributed by atoms with Gasteiger partial charge in [0.25, 0.3) is 5.91 Å². The van der Waals surface area contributed by atoms with Gasteiger partial charge in [-0.05, 0) is 12.5 Å². The highest BCUT2D eigenvalue weighted by Crippen LogP contribution is 2.15. The monoisotopic (exact) mass is 237 g/mol. The van der Waals surface area contributed by atoms with Crippen LogP contribution in [0.5, 0.6) is 0 Å². The molecule has 0 radical (unpaired) electrons. The van der Waals surface area contributed by atoms with E-state index in [1.165, 1.54) is 14.0 Å². The van der Waals surface area contributed by atoms with E-state index in [-0.39, 0.29) is 0 Å². The fourth-order valence-corrected chi connectivity index (χ4v) is 1.33. The van der Waals surface area contributed by atoms with E-state index in [0.717, 1.165) is 4.90 Å². The number of likely N-dealkylation sites (N-methyl/N-ethyl adjacent to an activating group) is 1. The molecule has 2 N–H and O–H groups in total. The summed E-state index contributed by atoms with van der Waals surface area (Å²) in [6.07, 6.45) is -1.33. The molecule has 0 aliphatic heterocycles. The van der Waals surface area contributed by atoms with Crippen LogP contribution in [-0.4, -0.2) is 40.1 Å². The van der Waals surface area contributed by atoms with Gasteiger partial charge in [-0.25, -0.2) is 4.79 Å². The molecule has 0 saturated heterocycles. The molecule has 0 aromatic heterocycles. The zero-order valence-electron chi connectivity index (χ0n) is 9.70. The van der Waals surface area contributed by atoms with Crippen LogP contribution in [0.25, 0.3) is 0 Å². The molecule has 1 rings (SSSR count). The normalized spacial score (nSPS) is 13.8. The molecule has 1 aromatic rings. The number of amides is 1. The molecule has 5 heteroatoms. The molecular formula is C12H15NO4. The molecular weight excluding hydrogens is 222 g/mol. The van der Waals surface area contributed by atoms with Crippen molar-refractivity contribution in [3.05, 3.63) is 35.9 Å². The van der Waals surface area contributed by atoms with E-state index in [2.05, 4.69) is 0 Å². The van der Waals surface area contributed by atoms with Crippen LogP contribution in [0.15, 0.2) is 30.3 Å². The fraction of sp³-hybridized carbons (Fsp3) is 0.333. The number of aliphatic hydroxyl groups excluding tert-OH is 1. The van der Waals surface area contributed by atoms with E-state index >= 15 is 0 Å². The zero-order valence-corrected chi connectivity index (χ0v) is 9.70. The summed E-state index contributed by atoms with van der Waals surface area (Å²) in [6, 6.07) is 7.42. The van der Waals surface area contributed by atoms with Crippen molar-refractivity contribution >= 4 is 11.9 Å². The predicted octanol–water partition coefficient (Wildman–Crippen LogP) is 0.651. The number of aliphatic hydroxyl groups is 1. The second-order valence-corrected chi connectivity index (χ2v) is 3.78. The number of rotatable bonds is 4.